The topological polar surface area (TPSA) is 69.6 Å². The van der Waals surface area contributed by atoms with E-state index in [-0.39, 0.29) is 23.9 Å². The van der Waals surface area contributed by atoms with E-state index in [1.165, 1.54) is 0 Å². The van der Waals surface area contributed by atoms with Crippen molar-refractivity contribution in [2.24, 2.45) is 5.41 Å². The molecule has 0 aliphatic heterocycles. The van der Waals surface area contributed by atoms with Gasteiger partial charge in [0.1, 0.15) is 0 Å². The molecule has 0 heterocycles. The average Bonchev–Trinajstić information content (AvgIpc) is 2.21. The number of urea groups is 1. The molecule has 1 fully saturated rings. The number of hydrogen-bond acceptors (Lipinski definition) is 2. The van der Waals surface area contributed by atoms with Crippen molar-refractivity contribution >= 4 is 12.0 Å². The second-order valence-electron chi connectivity index (χ2n) is 6.79. The second kappa shape index (κ2) is 5.39. The molecule has 0 radical (unpaired) electrons. The van der Waals surface area contributed by atoms with Crippen LogP contribution in [-0.4, -0.2) is 40.6 Å². The summed E-state index contributed by atoms with van der Waals surface area (Å²) in [6, 6.07) is -0.0992. The molecule has 1 aliphatic rings. The first-order valence-electron chi connectivity index (χ1n) is 6.84. The Morgan fingerprint density at radius 1 is 1.37 bits per heavy atom. The molecule has 0 spiro atoms. The Balaban J connectivity index is 2.65. The maximum atomic E-state index is 12.2. The Hall–Kier alpha value is -1.26. The first-order chi connectivity index (χ1) is 8.57. The SMILES string of the molecule is CC(N(C)C(=O)NC1(CC(=O)O)CCC1)C(C)(C)C. The Morgan fingerprint density at radius 3 is 2.21 bits per heavy atom. The van der Waals surface area contributed by atoms with Crippen LogP contribution in [0.2, 0.25) is 0 Å². The Morgan fingerprint density at radius 2 is 1.89 bits per heavy atom. The summed E-state index contributed by atoms with van der Waals surface area (Å²) in [5.74, 6) is -0.855. The predicted octanol–water partition coefficient (Wildman–Crippen LogP) is 2.46. The molecule has 1 rings (SSSR count). The molecule has 1 atom stereocenters. The highest BCUT2D eigenvalue weighted by atomic mass is 16.4. The van der Waals surface area contributed by atoms with E-state index in [9.17, 15) is 9.59 Å². The lowest BCUT2D eigenvalue weighted by Gasteiger charge is -2.44. The molecule has 1 saturated carbocycles. The van der Waals surface area contributed by atoms with Gasteiger partial charge >= 0.3 is 12.0 Å². The molecule has 5 nitrogen and oxygen atoms in total. The zero-order chi connectivity index (χ0) is 14.8. The molecule has 19 heavy (non-hydrogen) atoms. The quantitative estimate of drug-likeness (QED) is 0.824. The van der Waals surface area contributed by atoms with E-state index < -0.39 is 11.5 Å². The van der Waals surface area contributed by atoms with E-state index in [0.29, 0.717) is 0 Å². The monoisotopic (exact) mass is 270 g/mol. The van der Waals surface area contributed by atoms with Crippen molar-refractivity contribution in [3.63, 3.8) is 0 Å². The molecular weight excluding hydrogens is 244 g/mol. The number of aliphatic carboxylic acids is 1. The lowest BCUT2D eigenvalue weighted by molar-refractivity contribution is -0.139. The van der Waals surface area contributed by atoms with Gasteiger partial charge in [0.05, 0.1) is 12.0 Å². The van der Waals surface area contributed by atoms with Crippen LogP contribution in [-0.2, 0) is 4.79 Å². The summed E-state index contributed by atoms with van der Waals surface area (Å²) in [6.07, 6.45) is 2.49. The minimum atomic E-state index is -0.855. The van der Waals surface area contributed by atoms with Crippen LogP contribution in [0.5, 0.6) is 0 Å². The molecule has 2 N–H and O–H groups in total. The molecule has 0 saturated heterocycles. The van der Waals surface area contributed by atoms with Gasteiger partial charge in [-0.2, -0.15) is 0 Å². The van der Waals surface area contributed by atoms with E-state index in [0.717, 1.165) is 19.3 Å². The van der Waals surface area contributed by atoms with Crippen molar-refractivity contribution in [1.29, 1.82) is 0 Å². The maximum Gasteiger partial charge on any atom is 0.317 e. The lowest BCUT2D eigenvalue weighted by Crippen LogP contribution is -2.59. The standard InChI is InChI=1S/C14H26N2O3/c1-10(13(2,3)4)16(5)12(19)15-14(7-6-8-14)9-11(17)18/h10H,6-9H2,1-5H3,(H,15,19)(H,17,18). The lowest BCUT2D eigenvalue weighted by atomic mass is 9.74. The van der Waals surface area contributed by atoms with Gasteiger partial charge in [-0.3, -0.25) is 4.79 Å². The molecule has 0 aromatic carbocycles. The summed E-state index contributed by atoms with van der Waals surface area (Å²) in [7, 11) is 1.76. The third-order valence-corrected chi connectivity index (χ3v) is 4.33. The third-order valence-electron chi connectivity index (χ3n) is 4.33. The molecule has 0 aromatic heterocycles. The summed E-state index contributed by atoms with van der Waals surface area (Å²) in [5.41, 5.74) is -0.541. The fourth-order valence-electron chi connectivity index (χ4n) is 2.31. The fraction of sp³-hybridized carbons (Fsp3) is 0.857. The highest BCUT2D eigenvalue weighted by molar-refractivity contribution is 5.77. The van der Waals surface area contributed by atoms with Crippen LogP contribution in [0, 0.1) is 5.41 Å². The first kappa shape index (κ1) is 15.8. The van der Waals surface area contributed by atoms with Crippen LogP contribution >= 0.6 is 0 Å². The van der Waals surface area contributed by atoms with E-state index in [1.54, 1.807) is 11.9 Å². The van der Waals surface area contributed by atoms with Crippen molar-refractivity contribution in [3.8, 4) is 0 Å². The predicted molar refractivity (Wildman–Crippen MR) is 74.0 cm³/mol. The molecule has 5 heteroatoms. The fourth-order valence-corrected chi connectivity index (χ4v) is 2.31. The number of carbonyl (C=O) groups excluding carboxylic acids is 1. The van der Waals surface area contributed by atoms with Gasteiger partial charge in [0.15, 0.2) is 0 Å². The third kappa shape index (κ3) is 3.85. The van der Waals surface area contributed by atoms with Gasteiger partial charge in [-0.05, 0) is 31.6 Å². The Kier molecular flexibility index (Phi) is 4.48. The van der Waals surface area contributed by atoms with E-state index in [2.05, 4.69) is 26.1 Å². The largest absolute Gasteiger partial charge is 0.481 e. The number of nitrogens with one attached hydrogen (secondary N) is 1. The van der Waals surface area contributed by atoms with Gasteiger partial charge in [0.2, 0.25) is 0 Å². The second-order valence-corrected chi connectivity index (χ2v) is 6.79. The Bertz CT molecular complexity index is 356. The Labute approximate surface area is 115 Å². The van der Waals surface area contributed by atoms with Crippen molar-refractivity contribution < 1.29 is 14.7 Å². The number of rotatable bonds is 4. The van der Waals surface area contributed by atoms with Crippen LogP contribution in [0.3, 0.4) is 0 Å². The van der Waals surface area contributed by atoms with Gasteiger partial charge in [0.25, 0.3) is 0 Å². The first-order valence-corrected chi connectivity index (χ1v) is 6.84. The van der Waals surface area contributed by atoms with Gasteiger partial charge in [-0.1, -0.05) is 20.8 Å². The van der Waals surface area contributed by atoms with Crippen LogP contribution in [0.25, 0.3) is 0 Å². The molecule has 110 valence electrons. The van der Waals surface area contributed by atoms with E-state index in [4.69, 9.17) is 5.11 Å². The van der Waals surface area contributed by atoms with Gasteiger partial charge in [-0.15, -0.1) is 0 Å². The molecule has 0 aromatic rings. The van der Waals surface area contributed by atoms with Crippen LogP contribution in [0.4, 0.5) is 4.79 Å². The number of nitrogens with zero attached hydrogens (tertiary/aromatic N) is 1. The summed E-state index contributed by atoms with van der Waals surface area (Å²) >= 11 is 0. The molecule has 1 aliphatic carbocycles. The zero-order valence-corrected chi connectivity index (χ0v) is 12.6. The summed E-state index contributed by atoms with van der Waals surface area (Å²) in [6.45, 7) is 8.25. The minimum absolute atomic E-state index is 0.00827. The molecule has 2 amide bonds. The number of amides is 2. The molecular formula is C14H26N2O3. The molecule has 1 unspecified atom stereocenters. The summed E-state index contributed by atoms with van der Waals surface area (Å²) in [4.78, 5) is 24.8. The van der Waals surface area contributed by atoms with E-state index >= 15 is 0 Å². The number of carbonyl (C=O) groups is 2. The van der Waals surface area contributed by atoms with Crippen molar-refractivity contribution in [2.75, 3.05) is 7.05 Å². The van der Waals surface area contributed by atoms with Gasteiger partial charge in [0, 0.05) is 13.1 Å². The van der Waals surface area contributed by atoms with Crippen LogP contribution < -0.4 is 5.32 Å². The highest BCUT2D eigenvalue weighted by Crippen LogP contribution is 2.35. The highest BCUT2D eigenvalue weighted by Gasteiger charge is 2.41. The smallest absolute Gasteiger partial charge is 0.317 e. The van der Waals surface area contributed by atoms with Crippen molar-refractivity contribution in [2.45, 2.75) is 65.0 Å². The average molecular weight is 270 g/mol. The zero-order valence-electron chi connectivity index (χ0n) is 12.6. The minimum Gasteiger partial charge on any atom is -0.481 e. The van der Waals surface area contributed by atoms with E-state index in [1.807, 2.05) is 6.92 Å². The van der Waals surface area contributed by atoms with Crippen LogP contribution in [0.1, 0.15) is 53.4 Å². The normalized spacial score (nSPS) is 19.2. The summed E-state index contributed by atoms with van der Waals surface area (Å²) in [5, 5.41) is 11.9. The van der Waals surface area contributed by atoms with Crippen molar-refractivity contribution in [1.82, 2.24) is 10.2 Å². The van der Waals surface area contributed by atoms with Crippen molar-refractivity contribution in [3.05, 3.63) is 0 Å². The maximum absolute atomic E-state index is 12.2. The van der Waals surface area contributed by atoms with Gasteiger partial charge < -0.3 is 15.3 Å². The molecule has 0 bridgehead atoms. The number of carboxylic acids is 1. The number of hydrogen-bond donors (Lipinski definition) is 2. The summed E-state index contributed by atoms with van der Waals surface area (Å²) < 4.78 is 0. The van der Waals surface area contributed by atoms with Gasteiger partial charge in [-0.25, -0.2) is 4.79 Å². The van der Waals surface area contributed by atoms with Crippen LogP contribution in [0.15, 0.2) is 0 Å². The number of carboxylic acid groups (broad SMARTS) is 1.